The average Bonchev–Trinajstić information content (AvgIpc) is 2.89. The molecule has 0 saturated heterocycles. The van der Waals surface area contributed by atoms with Crippen molar-refractivity contribution >= 4 is 17.6 Å². The smallest absolute Gasteiger partial charge is 0.337 e. The van der Waals surface area contributed by atoms with Crippen LogP contribution in [0.1, 0.15) is 49.6 Å². The Bertz CT molecular complexity index is 1050. The number of nitrogens with one attached hydrogen (secondary N) is 1. The molecule has 2 N–H and O–H groups in total. The number of carbonyl (C=O) groups is 1. The van der Waals surface area contributed by atoms with Gasteiger partial charge in [-0.25, -0.2) is 4.79 Å². The molecule has 29 heavy (non-hydrogen) atoms. The van der Waals surface area contributed by atoms with E-state index in [0.717, 1.165) is 22.5 Å². The van der Waals surface area contributed by atoms with E-state index in [1.54, 1.807) is 0 Å². The summed E-state index contributed by atoms with van der Waals surface area (Å²) in [7, 11) is 0. The van der Waals surface area contributed by atoms with Crippen molar-refractivity contribution in [2.75, 3.05) is 0 Å². The van der Waals surface area contributed by atoms with Gasteiger partial charge in [0.25, 0.3) is 0 Å². The normalized spacial score (nSPS) is 11.1. The van der Waals surface area contributed by atoms with Crippen LogP contribution in [0.5, 0.6) is 0 Å². The van der Waals surface area contributed by atoms with Crippen molar-refractivity contribution < 1.29 is 9.90 Å². The van der Waals surface area contributed by atoms with Crippen molar-refractivity contribution in [3.05, 3.63) is 92.3 Å². The molecule has 0 fully saturated rings. The first-order chi connectivity index (χ1) is 13.8. The van der Waals surface area contributed by atoms with Gasteiger partial charge in [-0.2, -0.15) is 0 Å². The summed E-state index contributed by atoms with van der Waals surface area (Å²) < 4.78 is 2.11. The number of hydrogen-bond acceptors (Lipinski definition) is 2. The Labute approximate surface area is 177 Å². The Morgan fingerprint density at radius 2 is 1.79 bits per heavy atom. The molecule has 5 heteroatoms. The Hall–Kier alpha value is -2.56. The predicted molar refractivity (Wildman–Crippen MR) is 118 cm³/mol. The van der Waals surface area contributed by atoms with Gasteiger partial charge in [0.15, 0.2) is 0 Å². The first-order valence-electron chi connectivity index (χ1n) is 9.71. The number of aromatic carboxylic acids is 1. The molecule has 0 spiro atoms. The van der Waals surface area contributed by atoms with Crippen LogP contribution in [-0.2, 0) is 19.6 Å². The predicted octanol–water partition coefficient (Wildman–Crippen LogP) is 5.41. The van der Waals surface area contributed by atoms with Crippen molar-refractivity contribution in [3.63, 3.8) is 0 Å². The lowest BCUT2D eigenvalue weighted by molar-refractivity contribution is 0.0694. The molecule has 0 aliphatic carbocycles. The maximum Gasteiger partial charge on any atom is 0.337 e. The van der Waals surface area contributed by atoms with Crippen LogP contribution in [0.25, 0.3) is 0 Å². The molecule has 3 aromatic rings. The highest BCUT2D eigenvalue weighted by atomic mass is 35.5. The third kappa shape index (κ3) is 4.72. The maximum absolute atomic E-state index is 12.0. The van der Waals surface area contributed by atoms with Crippen LogP contribution >= 0.6 is 11.6 Å². The second-order valence-corrected chi connectivity index (χ2v) is 8.02. The molecular formula is C24H27ClN2O2. The second-order valence-electron chi connectivity index (χ2n) is 7.58. The third-order valence-electron chi connectivity index (χ3n) is 5.48. The van der Waals surface area contributed by atoms with Crippen LogP contribution in [0.3, 0.4) is 0 Å². The Morgan fingerprint density at radius 3 is 2.48 bits per heavy atom. The summed E-state index contributed by atoms with van der Waals surface area (Å²) in [5.41, 5.74) is 7.69. The number of aromatic nitrogens is 1. The highest BCUT2D eigenvalue weighted by Crippen LogP contribution is 2.25. The minimum atomic E-state index is -0.884. The number of halogens is 1. The summed E-state index contributed by atoms with van der Waals surface area (Å²) in [6.45, 7) is 9.84. The van der Waals surface area contributed by atoms with Crippen molar-refractivity contribution in [3.8, 4) is 0 Å². The van der Waals surface area contributed by atoms with Gasteiger partial charge >= 0.3 is 5.97 Å². The van der Waals surface area contributed by atoms with Crippen LogP contribution in [0.2, 0.25) is 5.02 Å². The molecular weight excluding hydrogens is 384 g/mol. The van der Waals surface area contributed by atoms with Crippen LogP contribution in [-0.4, -0.2) is 15.6 Å². The molecule has 0 amide bonds. The van der Waals surface area contributed by atoms with Gasteiger partial charge in [0.05, 0.1) is 5.56 Å². The lowest BCUT2D eigenvalue weighted by Gasteiger charge is -2.13. The van der Waals surface area contributed by atoms with Crippen LogP contribution in [0.15, 0.2) is 42.5 Å². The fraction of sp³-hybridized carbons (Fsp3) is 0.292. The molecule has 2 aromatic carbocycles. The number of carboxylic acids is 1. The number of hydrogen-bond donors (Lipinski definition) is 2. The monoisotopic (exact) mass is 410 g/mol. The summed E-state index contributed by atoms with van der Waals surface area (Å²) in [4.78, 5) is 12.0. The lowest BCUT2D eigenvalue weighted by Crippen LogP contribution is -2.15. The maximum atomic E-state index is 12.0. The van der Waals surface area contributed by atoms with Gasteiger partial charge in [0.1, 0.15) is 0 Å². The van der Waals surface area contributed by atoms with E-state index < -0.39 is 5.97 Å². The van der Waals surface area contributed by atoms with E-state index in [9.17, 15) is 9.90 Å². The number of carboxylic acid groups (broad SMARTS) is 1. The molecule has 1 heterocycles. The van der Waals surface area contributed by atoms with Crippen LogP contribution in [0.4, 0.5) is 0 Å². The summed E-state index contributed by atoms with van der Waals surface area (Å²) in [6.07, 6.45) is 0. The van der Waals surface area contributed by atoms with Crippen LogP contribution in [0, 0.1) is 27.7 Å². The van der Waals surface area contributed by atoms with Gasteiger partial charge in [0.2, 0.25) is 0 Å². The van der Waals surface area contributed by atoms with Crippen molar-refractivity contribution in [2.45, 2.75) is 47.3 Å². The number of rotatable bonds is 7. The van der Waals surface area contributed by atoms with E-state index >= 15 is 0 Å². The molecule has 0 radical (unpaired) electrons. The fourth-order valence-electron chi connectivity index (χ4n) is 3.81. The topological polar surface area (TPSA) is 54.3 Å². The van der Waals surface area contributed by atoms with Gasteiger partial charge in [-0.05, 0) is 56.5 Å². The SMILES string of the molecule is Cc1ccc(C)c(Cn2c(C)c(CNCc3cccc(Cl)c3)c(C(=O)O)c2C)c1. The second kappa shape index (κ2) is 8.85. The van der Waals surface area contributed by atoms with Crippen molar-refractivity contribution in [2.24, 2.45) is 0 Å². The summed E-state index contributed by atoms with van der Waals surface area (Å²) in [6, 6.07) is 14.1. The molecule has 0 aliphatic heterocycles. The molecule has 4 nitrogen and oxygen atoms in total. The lowest BCUT2D eigenvalue weighted by atomic mass is 10.1. The molecule has 0 unspecified atom stereocenters. The summed E-state index contributed by atoms with van der Waals surface area (Å²) in [5, 5.41) is 13.9. The number of nitrogens with zero attached hydrogens (tertiary/aromatic N) is 1. The van der Waals surface area contributed by atoms with E-state index in [4.69, 9.17) is 11.6 Å². The average molecular weight is 411 g/mol. The first kappa shape index (κ1) is 21.2. The highest BCUT2D eigenvalue weighted by Gasteiger charge is 2.22. The van der Waals surface area contributed by atoms with Gasteiger partial charge in [-0.1, -0.05) is 47.5 Å². The molecule has 0 aliphatic rings. The number of aryl methyl sites for hydroxylation is 2. The molecule has 0 bridgehead atoms. The molecule has 0 atom stereocenters. The van der Waals surface area contributed by atoms with Gasteiger partial charge < -0.3 is 15.0 Å². The van der Waals surface area contributed by atoms with Gasteiger partial charge in [-0.3, -0.25) is 0 Å². The Kier molecular flexibility index (Phi) is 6.46. The van der Waals surface area contributed by atoms with E-state index in [-0.39, 0.29) is 0 Å². The van der Waals surface area contributed by atoms with Crippen LogP contribution < -0.4 is 5.32 Å². The first-order valence-corrected chi connectivity index (χ1v) is 10.1. The van der Waals surface area contributed by atoms with Gasteiger partial charge in [0, 0.05) is 41.6 Å². The highest BCUT2D eigenvalue weighted by molar-refractivity contribution is 6.30. The standard InChI is InChI=1S/C24H27ClN2O2/c1-15-8-9-16(2)20(10-15)14-27-17(3)22(23(18(27)4)24(28)29)13-26-12-19-6-5-7-21(25)11-19/h5-11,26H,12-14H2,1-4H3,(H,28,29). The molecule has 0 saturated carbocycles. The quantitative estimate of drug-likeness (QED) is 0.547. The summed E-state index contributed by atoms with van der Waals surface area (Å²) >= 11 is 6.05. The Morgan fingerprint density at radius 1 is 1.03 bits per heavy atom. The molecule has 1 aromatic heterocycles. The molecule has 3 rings (SSSR count). The zero-order valence-electron chi connectivity index (χ0n) is 17.3. The minimum Gasteiger partial charge on any atom is -0.478 e. The fourth-order valence-corrected chi connectivity index (χ4v) is 4.02. The minimum absolute atomic E-state index is 0.395. The zero-order valence-corrected chi connectivity index (χ0v) is 18.1. The van der Waals surface area contributed by atoms with E-state index in [1.165, 1.54) is 16.7 Å². The van der Waals surface area contributed by atoms with E-state index in [2.05, 4.69) is 41.9 Å². The van der Waals surface area contributed by atoms with E-state index in [0.29, 0.717) is 30.2 Å². The largest absolute Gasteiger partial charge is 0.478 e. The number of benzene rings is 2. The third-order valence-corrected chi connectivity index (χ3v) is 5.71. The van der Waals surface area contributed by atoms with Crippen molar-refractivity contribution in [1.82, 2.24) is 9.88 Å². The zero-order chi connectivity index (χ0) is 21.1. The van der Waals surface area contributed by atoms with Gasteiger partial charge in [-0.15, -0.1) is 0 Å². The molecule has 152 valence electrons. The summed E-state index contributed by atoms with van der Waals surface area (Å²) in [5.74, 6) is -0.884. The van der Waals surface area contributed by atoms with Crippen molar-refractivity contribution in [1.29, 1.82) is 0 Å². The van der Waals surface area contributed by atoms with E-state index in [1.807, 2.05) is 38.1 Å². The Balaban J connectivity index is 1.87.